The van der Waals surface area contributed by atoms with E-state index >= 15 is 0 Å². The van der Waals surface area contributed by atoms with Gasteiger partial charge >= 0.3 is 0 Å². The number of rotatable bonds is 4. The van der Waals surface area contributed by atoms with E-state index in [-0.39, 0.29) is 12.1 Å². The standard InChI is InChI=1S/C24H24N2O/c1-4-18-12-9-11-17(3)22(18)25-23-19-13-6-7-14-20(19)24(27)26(23)21-15-8-5-10-16(21)2/h5-15,23,25H,4H2,1-3H3. The number of para-hydroxylation sites is 2. The van der Waals surface area contributed by atoms with Crippen LogP contribution in [-0.4, -0.2) is 5.91 Å². The summed E-state index contributed by atoms with van der Waals surface area (Å²) in [4.78, 5) is 15.2. The highest BCUT2D eigenvalue weighted by Gasteiger charge is 2.38. The van der Waals surface area contributed by atoms with Gasteiger partial charge in [0.15, 0.2) is 0 Å². The molecule has 0 aliphatic carbocycles. The number of hydrogen-bond donors (Lipinski definition) is 1. The highest BCUT2D eigenvalue weighted by Crippen LogP contribution is 2.40. The van der Waals surface area contributed by atoms with Crippen molar-refractivity contribution in [2.24, 2.45) is 0 Å². The Bertz CT molecular complexity index is 1010. The molecule has 0 aromatic heterocycles. The number of fused-ring (bicyclic) bond motifs is 1. The van der Waals surface area contributed by atoms with Gasteiger partial charge in [-0.1, -0.05) is 61.5 Å². The second kappa shape index (κ2) is 6.92. The lowest BCUT2D eigenvalue weighted by Crippen LogP contribution is -2.33. The van der Waals surface area contributed by atoms with Crippen LogP contribution in [0.15, 0.2) is 66.7 Å². The third-order valence-corrected chi connectivity index (χ3v) is 5.36. The maximum Gasteiger partial charge on any atom is 0.260 e. The summed E-state index contributed by atoms with van der Waals surface area (Å²) in [6.45, 7) is 6.32. The zero-order valence-electron chi connectivity index (χ0n) is 16.0. The van der Waals surface area contributed by atoms with Crippen molar-refractivity contribution in [1.29, 1.82) is 0 Å². The van der Waals surface area contributed by atoms with E-state index in [2.05, 4.69) is 37.4 Å². The number of carbonyl (C=O) groups is 1. The maximum atomic E-state index is 13.3. The van der Waals surface area contributed by atoms with Crippen LogP contribution in [0.5, 0.6) is 0 Å². The van der Waals surface area contributed by atoms with Gasteiger partial charge in [0.2, 0.25) is 0 Å². The van der Waals surface area contributed by atoms with Gasteiger partial charge in [-0.2, -0.15) is 0 Å². The number of carbonyl (C=O) groups excluding carboxylic acids is 1. The highest BCUT2D eigenvalue weighted by molar-refractivity contribution is 6.11. The van der Waals surface area contributed by atoms with Gasteiger partial charge in [0, 0.05) is 22.5 Å². The molecule has 1 aliphatic heterocycles. The molecule has 3 aromatic carbocycles. The zero-order valence-corrected chi connectivity index (χ0v) is 16.0. The number of nitrogens with zero attached hydrogens (tertiary/aromatic N) is 1. The summed E-state index contributed by atoms with van der Waals surface area (Å²) >= 11 is 0. The average Bonchev–Trinajstić information content (AvgIpc) is 2.96. The Kier molecular flexibility index (Phi) is 4.44. The molecule has 0 bridgehead atoms. The first-order valence-electron chi connectivity index (χ1n) is 9.45. The number of anilines is 2. The molecule has 0 spiro atoms. The smallest absolute Gasteiger partial charge is 0.260 e. The van der Waals surface area contributed by atoms with E-state index < -0.39 is 0 Å². The van der Waals surface area contributed by atoms with Crippen LogP contribution < -0.4 is 10.2 Å². The van der Waals surface area contributed by atoms with Crippen molar-refractivity contribution in [2.75, 3.05) is 10.2 Å². The average molecular weight is 356 g/mol. The fourth-order valence-electron chi connectivity index (χ4n) is 3.91. The molecule has 1 heterocycles. The van der Waals surface area contributed by atoms with Gasteiger partial charge in [0.05, 0.1) is 0 Å². The molecule has 136 valence electrons. The van der Waals surface area contributed by atoms with Crippen LogP contribution in [0, 0.1) is 13.8 Å². The molecule has 1 atom stereocenters. The van der Waals surface area contributed by atoms with Crippen LogP contribution in [0.25, 0.3) is 0 Å². The first-order chi connectivity index (χ1) is 13.1. The minimum Gasteiger partial charge on any atom is -0.361 e. The maximum absolute atomic E-state index is 13.3. The first kappa shape index (κ1) is 17.3. The molecular formula is C24H24N2O. The lowest BCUT2D eigenvalue weighted by molar-refractivity contribution is 0.0992. The molecule has 4 rings (SSSR count). The van der Waals surface area contributed by atoms with Gasteiger partial charge < -0.3 is 5.32 Å². The summed E-state index contributed by atoms with van der Waals surface area (Å²) in [5.41, 5.74) is 7.40. The van der Waals surface area contributed by atoms with Crippen LogP contribution in [0.1, 0.15) is 45.7 Å². The Hall–Kier alpha value is -3.07. The molecule has 3 nitrogen and oxygen atoms in total. The Morgan fingerprint density at radius 2 is 1.59 bits per heavy atom. The summed E-state index contributed by atoms with van der Waals surface area (Å²) < 4.78 is 0. The monoisotopic (exact) mass is 356 g/mol. The molecular weight excluding hydrogens is 332 g/mol. The summed E-state index contributed by atoms with van der Waals surface area (Å²) in [6.07, 6.45) is 0.720. The second-order valence-electron chi connectivity index (χ2n) is 7.06. The van der Waals surface area contributed by atoms with Gasteiger partial charge in [-0.25, -0.2) is 0 Å². The normalized spacial score (nSPS) is 15.7. The van der Waals surface area contributed by atoms with Crippen LogP contribution in [-0.2, 0) is 6.42 Å². The van der Waals surface area contributed by atoms with Crippen molar-refractivity contribution in [3.63, 3.8) is 0 Å². The molecule has 1 unspecified atom stereocenters. The Labute approximate surface area is 160 Å². The van der Waals surface area contributed by atoms with Crippen LogP contribution in [0.2, 0.25) is 0 Å². The number of nitrogens with one attached hydrogen (secondary N) is 1. The highest BCUT2D eigenvalue weighted by atomic mass is 16.2. The van der Waals surface area contributed by atoms with Gasteiger partial charge in [-0.05, 0) is 49.1 Å². The van der Waals surface area contributed by atoms with Gasteiger partial charge in [0.25, 0.3) is 5.91 Å². The minimum atomic E-state index is -0.221. The third-order valence-electron chi connectivity index (χ3n) is 5.36. The number of aryl methyl sites for hydroxylation is 3. The molecule has 1 amide bonds. The molecule has 0 radical (unpaired) electrons. The van der Waals surface area contributed by atoms with E-state index in [4.69, 9.17) is 0 Å². The molecule has 3 heteroatoms. The summed E-state index contributed by atoms with van der Waals surface area (Å²) in [5.74, 6) is 0.0454. The number of benzene rings is 3. The summed E-state index contributed by atoms with van der Waals surface area (Å²) in [6, 6.07) is 22.3. The Morgan fingerprint density at radius 3 is 2.37 bits per heavy atom. The zero-order chi connectivity index (χ0) is 19.0. The lowest BCUT2D eigenvalue weighted by atomic mass is 10.0. The van der Waals surface area contributed by atoms with E-state index in [0.29, 0.717) is 0 Å². The summed E-state index contributed by atoms with van der Waals surface area (Å²) in [5, 5.41) is 3.70. The summed E-state index contributed by atoms with van der Waals surface area (Å²) in [7, 11) is 0. The SMILES string of the molecule is CCc1cccc(C)c1NC1c2ccccc2C(=O)N1c1ccccc1C. The van der Waals surface area contributed by atoms with Crippen LogP contribution >= 0.6 is 0 Å². The van der Waals surface area contributed by atoms with Crippen molar-refractivity contribution < 1.29 is 4.79 Å². The molecule has 0 saturated heterocycles. The molecule has 1 N–H and O–H groups in total. The van der Waals surface area contributed by atoms with Crippen molar-refractivity contribution in [1.82, 2.24) is 0 Å². The van der Waals surface area contributed by atoms with E-state index in [1.54, 1.807) is 0 Å². The number of hydrogen-bond acceptors (Lipinski definition) is 2. The van der Waals surface area contributed by atoms with E-state index in [0.717, 1.165) is 34.5 Å². The van der Waals surface area contributed by atoms with E-state index in [1.807, 2.05) is 60.4 Å². The topological polar surface area (TPSA) is 32.3 Å². The van der Waals surface area contributed by atoms with Gasteiger partial charge in [0.1, 0.15) is 6.17 Å². The molecule has 3 aromatic rings. The first-order valence-corrected chi connectivity index (χ1v) is 9.45. The predicted molar refractivity (Wildman–Crippen MR) is 111 cm³/mol. The van der Waals surface area contributed by atoms with Crippen LogP contribution in [0.4, 0.5) is 11.4 Å². The Morgan fingerprint density at radius 1 is 0.889 bits per heavy atom. The van der Waals surface area contributed by atoms with E-state index in [1.165, 1.54) is 11.1 Å². The second-order valence-corrected chi connectivity index (χ2v) is 7.06. The lowest BCUT2D eigenvalue weighted by Gasteiger charge is -2.30. The van der Waals surface area contributed by atoms with E-state index in [9.17, 15) is 4.79 Å². The van der Waals surface area contributed by atoms with Crippen molar-refractivity contribution in [3.8, 4) is 0 Å². The molecule has 0 fully saturated rings. The van der Waals surface area contributed by atoms with Crippen molar-refractivity contribution in [2.45, 2.75) is 33.4 Å². The van der Waals surface area contributed by atoms with Gasteiger partial charge in [-0.3, -0.25) is 9.69 Å². The number of amides is 1. The van der Waals surface area contributed by atoms with Crippen molar-refractivity contribution in [3.05, 3.63) is 94.5 Å². The minimum absolute atomic E-state index is 0.0454. The Balaban J connectivity index is 1.85. The van der Waals surface area contributed by atoms with Gasteiger partial charge in [-0.15, -0.1) is 0 Å². The van der Waals surface area contributed by atoms with Crippen molar-refractivity contribution >= 4 is 17.3 Å². The largest absolute Gasteiger partial charge is 0.361 e. The molecule has 27 heavy (non-hydrogen) atoms. The molecule has 0 saturated carbocycles. The fourth-order valence-corrected chi connectivity index (χ4v) is 3.91. The van der Waals surface area contributed by atoms with Crippen LogP contribution in [0.3, 0.4) is 0 Å². The fraction of sp³-hybridized carbons (Fsp3) is 0.208. The predicted octanol–water partition coefficient (Wildman–Crippen LogP) is 5.64. The molecule has 1 aliphatic rings. The quantitative estimate of drug-likeness (QED) is 0.656. The third kappa shape index (κ3) is 2.89.